The first-order chi connectivity index (χ1) is 6.67. The Hall–Kier alpha value is -0.440. The Morgan fingerprint density at radius 2 is 1.57 bits per heavy atom. The summed E-state index contributed by atoms with van der Waals surface area (Å²) in [6.07, 6.45) is 8.58. The fourth-order valence-corrected chi connectivity index (χ4v) is 2.29. The molecule has 0 heterocycles. The normalized spacial score (nSPS) is 25.6. The van der Waals surface area contributed by atoms with Gasteiger partial charge in [-0.2, -0.15) is 10.2 Å². The van der Waals surface area contributed by atoms with E-state index in [1.165, 1.54) is 32.1 Å². The van der Waals surface area contributed by atoms with Gasteiger partial charge in [-0.15, -0.1) is 0 Å². The standard InChI is InChI=1S/C11H22N2O/c1-11(14,13-12-2)10-8-6-4-3-5-7-9-10/h10,14H,3-9H2,1-2H3. The van der Waals surface area contributed by atoms with Crippen LogP contribution in [0.4, 0.5) is 0 Å². The molecular weight excluding hydrogens is 176 g/mol. The highest BCUT2D eigenvalue weighted by molar-refractivity contribution is 4.79. The van der Waals surface area contributed by atoms with E-state index < -0.39 is 5.72 Å². The van der Waals surface area contributed by atoms with E-state index in [4.69, 9.17) is 0 Å². The zero-order valence-corrected chi connectivity index (χ0v) is 9.37. The highest BCUT2D eigenvalue weighted by Crippen LogP contribution is 2.31. The predicted octanol–water partition coefficient (Wildman–Crippen LogP) is 3.14. The van der Waals surface area contributed by atoms with Crippen LogP contribution in [-0.2, 0) is 0 Å². The van der Waals surface area contributed by atoms with E-state index in [9.17, 15) is 5.11 Å². The lowest BCUT2D eigenvalue weighted by Gasteiger charge is -2.29. The third kappa shape index (κ3) is 3.37. The van der Waals surface area contributed by atoms with Gasteiger partial charge < -0.3 is 5.11 Å². The topological polar surface area (TPSA) is 45.0 Å². The van der Waals surface area contributed by atoms with Gasteiger partial charge >= 0.3 is 0 Å². The highest BCUT2D eigenvalue weighted by Gasteiger charge is 2.31. The van der Waals surface area contributed by atoms with Crippen molar-refractivity contribution >= 4 is 0 Å². The Kier molecular flexibility index (Phi) is 4.52. The van der Waals surface area contributed by atoms with E-state index in [1.54, 1.807) is 14.0 Å². The van der Waals surface area contributed by atoms with Crippen LogP contribution >= 0.6 is 0 Å². The Morgan fingerprint density at radius 1 is 1.07 bits per heavy atom. The molecule has 14 heavy (non-hydrogen) atoms. The first-order valence-corrected chi connectivity index (χ1v) is 5.70. The SMILES string of the molecule is CN=NC(C)(O)C1CCCCCCC1. The van der Waals surface area contributed by atoms with Crippen LogP contribution < -0.4 is 0 Å². The lowest BCUT2D eigenvalue weighted by molar-refractivity contribution is -0.0102. The van der Waals surface area contributed by atoms with Crippen LogP contribution in [0, 0.1) is 5.92 Å². The van der Waals surface area contributed by atoms with E-state index in [2.05, 4.69) is 10.2 Å². The number of hydrogen-bond acceptors (Lipinski definition) is 3. The zero-order valence-electron chi connectivity index (χ0n) is 9.37. The summed E-state index contributed by atoms with van der Waals surface area (Å²) in [5.41, 5.74) is -0.938. The number of aliphatic hydroxyl groups is 1. The largest absolute Gasteiger partial charge is 0.368 e. The van der Waals surface area contributed by atoms with Crippen molar-refractivity contribution in [2.45, 2.75) is 57.6 Å². The second-order valence-electron chi connectivity index (χ2n) is 4.44. The molecule has 3 nitrogen and oxygen atoms in total. The van der Waals surface area contributed by atoms with Crippen molar-refractivity contribution in [3.8, 4) is 0 Å². The lowest BCUT2D eigenvalue weighted by atomic mass is 9.85. The predicted molar refractivity (Wildman–Crippen MR) is 57.2 cm³/mol. The van der Waals surface area contributed by atoms with Gasteiger partial charge in [0.1, 0.15) is 0 Å². The van der Waals surface area contributed by atoms with Crippen LogP contribution in [-0.4, -0.2) is 17.9 Å². The molecule has 1 saturated carbocycles. The molecule has 0 saturated heterocycles. The van der Waals surface area contributed by atoms with Gasteiger partial charge in [-0.05, 0) is 19.8 Å². The molecule has 82 valence electrons. The zero-order chi connectivity index (χ0) is 10.4. The molecule has 0 aromatic rings. The number of azo groups is 1. The lowest BCUT2D eigenvalue weighted by Crippen LogP contribution is -2.32. The van der Waals surface area contributed by atoms with Crippen molar-refractivity contribution in [1.82, 2.24) is 0 Å². The quantitative estimate of drug-likeness (QED) is 0.681. The minimum atomic E-state index is -0.938. The van der Waals surface area contributed by atoms with Crippen molar-refractivity contribution in [2.75, 3.05) is 7.05 Å². The smallest absolute Gasteiger partial charge is 0.176 e. The Labute approximate surface area is 86.6 Å². The van der Waals surface area contributed by atoms with Gasteiger partial charge in [0, 0.05) is 13.0 Å². The van der Waals surface area contributed by atoms with Crippen molar-refractivity contribution in [1.29, 1.82) is 0 Å². The fourth-order valence-electron chi connectivity index (χ4n) is 2.29. The van der Waals surface area contributed by atoms with Gasteiger partial charge in [-0.3, -0.25) is 0 Å². The summed E-state index contributed by atoms with van der Waals surface area (Å²) in [7, 11) is 1.62. The van der Waals surface area contributed by atoms with E-state index >= 15 is 0 Å². The van der Waals surface area contributed by atoms with E-state index in [0.717, 1.165) is 12.8 Å². The summed E-state index contributed by atoms with van der Waals surface area (Å²) in [4.78, 5) is 0. The second-order valence-corrected chi connectivity index (χ2v) is 4.44. The Balaban J connectivity index is 2.54. The molecule has 1 unspecified atom stereocenters. The van der Waals surface area contributed by atoms with E-state index in [0.29, 0.717) is 5.92 Å². The molecule has 1 aliphatic carbocycles. The number of hydrogen-bond donors (Lipinski definition) is 1. The van der Waals surface area contributed by atoms with Crippen molar-refractivity contribution in [3.63, 3.8) is 0 Å². The summed E-state index contributed by atoms with van der Waals surface area (Å²) in [6.45, 7) is 1.78. The molecule has 0 bridgehead atoms. The average Bonchev–Trinajstić information content (AvgIpc) is 2.01. The molecule has 1 N–H and O–H groups in total. The third-order valence-corrected chi connectivity index (χ3v) is 3.18. The maximum atomic E-state index is 10.1. The molecule has 0 aromatic carbocycles. The maximum absolute atomic E-state index is 10.1. The molecule has 1 aliphatic rings. The monoisotopic (exact) mass is 198 g/mol. The van der Waals surface area contributed by atoms with E-state index in [1.807, 2.05) is 0 Å². The fraction of sp³-hybridized carbons (Fsp3) is 1.00. The molecule has 0 aromatic heterocycles. The minimum absolute atomic E-state index is 0.298. The summed E-state index contributed by atoms with van der Waals surface area (Å²) >= 11 is 0. The van der Waals surface area contributed by atoms with Gasteiger partial charge in [0.25, 0.3) is 0 Å². The number of nitrogens with zero attached hydrogens (tertiary/aromatic N) is 2. The van der Waals surface area contributed by atoms with Gasteiger partial charge in [-0.25, -0.2) is 0 Å². The Bertz CT molecular complexity index is 182. The molecule has 1 atom stereocenters. The minimum Gasteiger partial charge on any atom is -0.368 e. The molecule has 0 aliphatic heterocycles. The van der Waals surface area contributed by atoms with E-state index in [-0.39, 0.29) is 0 Å². The molecule has 0 spiro atoms. The first kappa shape index (κ1) is 11.6. The van der Waals surface area contributed by atoms with Gasteiger partial charge in [0.2, 0.25) is 0 Å². The molecular formula is C11H22N2O. The van der Waals surface area contributed by atoms with Crippen molar-refractivity contribution < 1.29 is 5.11 Å². The van der Waals surface area contributed by atoms with Gasteiger partial charge in [0.15, 0.2) is 5.72 Å². The molecule has 1 rings (SSSR count). The summed E-state index contributed by atoms with van der Waals surface area (Å²) in [6, 6.07) is 0. The maximum Gasteiger partial charge on any atom is 0.176 e. The van der Waals surface area contributed by atoms with Crippen molar-refractivity contribution in [3.05, 3.63) is 0 Å². The second kappa shape index (κ2) is 5.44. The number of rotatable bonds is 2. The van der Waals surface area contributed by atoms with Crippen molar-refractivity contribution in [2.24, 2.45) is 16.1 Å². The van der Waals surface area contributed by atoms with Crippen LogP contribution in [0.5, 0.6) is 0 Å². The molecule has 1 fully saturated rings. The van der Waals surface area contributed by atoms with Crippen LogP contribution in [0.1, 0.15) is 51.9 Å². The molecule has 0 radical (unpaired) electrons. The molecule has 0 amide bonds. The first-order valence-electron chi connectivity index (χ1n) is 5.70. The highest BCUT2D eigenvalue weighted by atomic mass is 16.3. The average molecular weight is 198 g/mol. The summed E-state index contributed by atoms with van der Waals surface area (Å²) < 4.78 is 0. The van der Waals surface area contributed by atoms with Gasteiger partial charge in [0.05, 0.1) is 0 Å². The van der Waals surface area contributed by atoms with Gasteiger partial charge in [-0.1, -0.05) is 32.1 Å². The van der Waals surface area contributed by atoms with Crippen LogP contribution in [0.3, 0.4) is 0 Å². The van der Waals surface area contributed by atoms with Crippen LogP contribution in [0.25, 0.3) is 0 Å². The van der Waals surface area contributed by atoms with Crippen LogP contribution in [0.2, 0.25) is 0 Å². The Morgan fingerprint density at radius 3 is 2.07 bits per heavy atom. The third-order valence-electron chi connectivity index (χ3n) is 3.18. The summed E-state index contributed by atoms with van der Waals surface area (Å²) in [5.74, 6) is 0.298. The summed E-state index contributed by atoms with van der Waals surface area (Å²) in [5, 5.41) is 17.7. The van der Waals surface area contributed by atoms with Crippen LogP contribution in [0.15, 0.2) is 10.2 Å². The molecule has 3 heteroatoms.